The molecule has 1 heterocycles. The standard InChI is InChI=1S/C22H26ClFN2O3/c1-3-29-19-10-9-15(13-20(19)28-2)22(27)25-14-18(26-11-4-5-12-26)21-16(23)7-6-8-17(21)24/h6-10,13,18H,3-5,11-12,14H2,1-2H3,(H,25,27). The summed E-state index contributed by atoms with van der Waals surface area (Å²) in [5.41, 5.74) is 0.880. The van der Waals surface area contributed by atoms with Gasteiger partial charge in [0.25, 0.3) is 5.91 Å². The monoisotopic (exact) mass is 420 g/mol. The number of likely N-dealkylation sites (tertiary alicyclic amines) is 1. The molecule has 1 aliphatic heterocycles. The number of methoxy groups -OCH3 is 1. The molecule has 156 valence electrons. The highest BCUT2D eigenvalue weighted by molar-refractivity contribution is 6.31. The third-order valence-electron chi connectivity index (χ3n) is 5.10. The summed E-state index contributed by atoms with van der Waals surface area (Å²) >= 11 is 6.31. The molecule has 1 amide bonds. The molecule has 3 rings (SSSR count). The first-order chi connectivity index (χ1) is 14.0. The molecule has 1 atom stereocenters. The summed E-state index contributed by atoms with van der Waals surface area (Å²) in [4.78, 5) is 14.9. The fraction of sp³-hybridized carbons (Fsp3) is 0.409. The summed E-state index contributed by atoms with van der Waals surface area (Å²) in [5, 5.41) is 3.30. The van der Waals surface area contributed by atoms with Crippen molar-refractivity contribution in [2.24, 2.45) is 0 Å². The summed E-state index contributed by atoms with van der Waals surface area (Å²) in [5.74, 6) is 0.460. The van der Waals surface area contributed by atoms with Crippen molar-refractivity contribution in [2.45, 2.75) is 25.8 Å². The molecule has 0 radical (unpaired) electrons. The Morgan fingerprint density at radius 1 is 1.24 bits per heavy atom. The molecule has 29 heavy (non-hydrogen) atoms. The molecule has 0 spiro atoms. The number of hydrogen-bond donors (Lipinski definition) is 1. The molecule has 2 aromatic carbocycles. The number of hydrogen-bond acceptors (Lipinski definition) is 4. The zero-order valence-electron chi connectivity index (χ0n) is 16.7. The van der Waals surface area contributed by atoms with Crippen molar-refractivity contribution in [3.05, 3.63) is 58.4 Å². The van der Waals surface area contributed by atoms with E-state index in [2.05, 4.69) is 10.2 Å². The maximum Gasteiger partial charge on any atom is 0.251 e. The van der Waals surface area contributed by atoms with Crippen molar-refractivity contribution in [3.8, 4) is 11.5 Å². The van der Waals surface area contributed by atoms with E-state index < -0.39 is 0 Å². The van der Waals surface area contributed by atoms with Crippen LogP contribution in [0.4, 0.5) is 4.39 Å². The molecule has 2 aromatic rings. The van der Waals surface area contributed by atoms with Crippen molar-refractivity contribution in [1.82, 2.24) is 10.2 Å². The number of amides is 1. The van der Waals surface area contributed by atoms with Crippen LogP contribution < -0.4 is 14.8 Å². The SMILES string of the molecule is CCOc1ccc(C(=O)NCC(c2c(F)cccc2Cl)N2CCCC2)cc1OC. The minimum Gasteiger partial charge on any atom is -0.493 e. The van der Waals surface area contributed by atoms with Gasteiger partial charge < -0.3 is 14.8 Å². The molecule has 0 aromatic heterocycles. The highest BCUT2D eigenvalue weighted by Gasteiger charge is 2.28. The van der Waals surface area contributed by atoms with Crippen LogP contribution in [0.3, 0.4) is 0 Å². The van der Waals surface area contributed by atoms with Gasteiger partial charge in [0.1, 0.15) is 5.82 Å². The predicted molar refractivity (Wildman–Crippen MR) is 111 cm³/mol. The van der Waals surface area contributed by atoms with E-state index in [1.165, 1.54) is 13.2 Å². The smallest absolute Gasteiger partial charge is 0.251 e. The minimum absolute atomic E-state index is 0.259. The molecule has 5 nitrogen and oxygen atoms in total. The number of nitrogens with one attached hydrogen (secondary N) is 1. The van der Waals surface area contributed by atoms with Crippen LogP contribution in [0.1, 0.15) is 41.7 Å². The number of carbonyl (C=O) groups excluding carboxylic acids is 1. The second-order valence-electron chi connectivity index (χ2n) is 6.90. The lowest BCUT2D eigenvalue weighted by Gasteiger charge is -2.29. The van der Waals surface area contributed by atoms with Crippen molar-refractivity contribution in [2.75, 3.05) is 33.4 Å². The Morgan fingerprint density at radius 3 is 2.66 bits per heavy atom. The van der Waals surface area contributed by atoms with E-state index in [1.807, 2.05) is 6.92 Å². The Morgan fingerprint density at radius 2 is 2.00 bits per heavy atom. The molecule has 0 aliphatic carbocycles. The van der Waals surface area contributed by atoms with Gasteiger partial charge in [-0.3, -0.25) is 9.69 Å². The minimum atomic E-state index is -0.355. The van der Waals surface area contributed by atoms with Crippen LogP contribution >= 0.6 is 11.6 Å². The first-order valence-corrected chi connectivity index (χ1v) is 10.2. The first kappa shape index (κ1) is 21.4. The quantitative estimate of drug-likeness (QED) is 0.685. The second-order valence-corrected chi connectivity index (χ2v) is 7.31. The molecule has 1 N–H and O–H groups in total. The molecular formula is C22H26ClFN2O3. The maximum absolute atomic E-state index is 14.6. The molecule has 1 saturated heterocycles. The maximum atomic E-state index is 14.6. The van der Waals surface area contributed by atoms with Crippen molar-refractivity contribution in [1.29, 1.82) is 0 Å². The van der Waals surface area contributed by atoms with Gasteiger partial charge in [-0.2, -0.15) is 0 Å². The third kappa shape index (κ3) is 5.00. The first-order valence-electron chi connectivity index (χ1n) is 9.82. The Kier molecular flexibility index (Phi) is 7.34. The predicted octanol–water partition coefficient (Wildman–Crippen LogP) is 4.45. The van der Waals surface area contributed by atoms with E-state index in [4.69, 9.17) is 21.1 Å². The second kappa shape index (κ2) is 9.94. The van der Waals surface area contributed by atoms with Gasteiger partial charge in [0.05, 0.1) is 19.8 Å². The topological polar surface area (TPSA) is 50.8 Å². The summed E-state index contributed by atoms with van der Waals surface area (Å²) in [6, 6.07) is 9.40. The van der Waals surface area contributed by atoms with Crippen molar-refractivity contribution in [3.63, 3.8) is 0 Å². The van der Waals surface area contributed by atoms with E-state index in [1.54, 1.807) is 30.3 Å². The number of halogens is 2. The van der Waals surface area contributed by atoms with Gasteiger partial charge in [-0.1, -0.05) is 17.7 Å². The Hall–Kier alpha value is -2.31. The number of carbonyl (C=O) groups is 1. The Bertz CT molecular complexity index is 836. The zero-order chi connectivity index (χ0) is 20.8. The molecule has 0 bridgehead atoms. The lowest BCUT2D eigenvalue weighted by atomic mass is 10.0. The summed E-state index contributed by atoms with van der Waals surface area (Å²) in [6.45, 7) is 4.34. The number of benzene rings is 2. The van der Waals surface area contributed by atoms with Crippen LogP contribution in [0.15, 0.2) is 36.4 Å². The van der Waals surface area contributed by atoms with Gasteiger partial charge >= 0.3 is 0 Å². The number of nitrogens with zero attached hydrogens (tertiary/aromatic N) is 1. The fourth-order valence-corrected chi connectivity index (χ4v) is 3.96. The van der Waals surface area contributed by atoms with Crippen LogP contribution in [0.25, 0.3) is 0 Å². The lowest BCUT2D eigenvalue weighted by molar-refractivity contribution is 0.0936. The van der Waals surface area contributed by atoms with Crippen LogP contribution in [-0.4, -0.2) is 44.2 Å². The normalized spacial score (nSPS) is 15.2. The van der Waals surface area contributed by atoms with E-state index in [-0.39, 0.29) is 24.3 Å². The number of ether oxygens (including phenoxy) is 2. The van der Waals surface area contributed by atoms with Gasteiger partial charge in [-0.25, -0.2) is 4.39 Å². The van der Waals surface area contributed by atoms with Crippen LogP contribution in [0.2, 0.25) is 5.02 Å². The van der Waals surface area contributed by atoms with E-state index >= 15 is 0 Å². The molecular weight excluding hydrogens is 395 g/mol. The Labute approximate surface area is 175 Å². The highest BCUT2D eigenvalue weighted by atomic mass is 35.5. The van der Waals surface area contributed by atoms with Gasteiger partial charge in [0, 0.05) is 22.7 Å². The molecule has 1 aliphatic rings. The van der Waals surface area contributed by atoms with Crippen molar-refractivity contribution < 1.29 is 18.7 Å². The van der Waals surface area contributed by atoms with Crippen LogP contribution in [-0.2, 0) is 0 Å². The average Bonchev–Trinajstić information content (AvgIpc) is 3.25. The summed E-state index contributed by atoms with van der Waals surface area (Å²) in [6.07, 6.45) is 2.10. The largest absolute Gasteiger partial charge is 0.493 e. The fourth-order valence-electron chi connectivity index (χ4n) is 3.67. The Balaban J connectivity index is 1.78. The van der Waals surface area contributed by atoms with Crippen LogP contribution in [0.5, 0.6) is 11.5 Å². The lowest BCUT2D eigenvalue weighted by Crippen LogP contribution is -2.37. The molecule has 0 saturated carbocycles. The van der Waals surface area contributed by atoms with Gasteiger partial charge in [-0.05, 0) is 63.2 Å². The average molecular weight is 421 g/mol. The molecule has 1 unspecified atom stereocenters. The van der Waals surface area contributed by atoms with E-state index in [0.29, 0.717) is 34.3 Å². The molecule has 1 fully saturated rings. The molecule has 7 heteroatoms. The van der Waals surface area contributed by atoms with Crippen LogP contribution in [0, 0.1) is 5.82 Å². The van der Waals surface area contributed by atoms with Gasteiger partial charge in [-0.15, -0.1) is 0 Å². The zero-order valence-corrected chi connectivity index (χ0v) is 17.5. The van der Waals surface area contributed by atoms with Crippen molar-refractivity contribution >= 4 is 17.5 Å². The van der Waals surface area contributed by atoms with Gasteiger partial charge in [0.15, 0.2) is 11.5 Å². The van der Waals surface area contributed by atoms with Gasteiger partial charge in [0.2, 0.25) is 0 Å². The van der Waals surface area contributed by atoms with E-state index in [0.717, 1.165) is 25.9 Å². The van der Waals surface area contributed by atoms with E-state index in [9.17, 15) is 9.18 Å². The summed E-state index contributed by atoms with van der Waals surface area (Å²) < 4.78 is 25.4. The number of rotatable bonds is 8. The third-order valence-corrected chi connectivity index (χ3v) is 5.43. The summed E-state index contributed by atoms with van der Waals surface area (Å²) in [7, 11) is 1.53. The highest BCUT2D eigenvalue weighted by Crippen LogP contribution is 2.32.